The lowest BCUT2D eigenvalue weighted by atomic mass is 9.97. The zero-order chi connectivity index (χ0) is 20.0. The minimum Gasteiger partial charge on any atom is -0.423 e. The van der Waals surface area contributed by atoms with Gasteiger partial charge in [-0.3, -0.25) is 0 Å². The van der Waals surface area contributed by atoms with Gasteiger partial charge in [-0.25, -0.2) is 4.39 Å². The highest BCUT2D eigenvalue weighted by Crippen LogP contribution is 2.34. The molecule has 0 amide bonds. The van der Waals surface area contributed by atoms with Crippen LogP contribution in [0.1, 0.15) is 5.56 Å². The summed E-state index contributed by atoms with van der Waals surface area (Å²) in [6, 6.07) is 18.8. The Balaban J connectivity index is 1.57. The fraction of sp³-hybridized carbons (Fsp3) is 0.0435. The molecule has 3 aromatic carbocycles. The standard InChI is InChI=1S/C23H15ClFN3O/c1-13-9-15(23-28-26-12-29-23)5-7-17(13)14-6-8-20-16(10-14)11-21(27-20)22-18(24)3-2-4-19(22)25/h2-12,27H,1H3. The maximum atomic E-state index is 14.3. The number of hydrogen-bond acceptors (Lipinski definition) is 3. The van der Waals surface area contributed by atoms with Crippen molar-refractivity contribution < 1.29 is 8.81 Å². The van der Waals surface area contributed by atoms with Gasteiger partial charge in [0.1, 0.15) is 5.82 Å². The summed E-state index contributed by atoms with van der Waals surface area (Å²) in [5.41, 5.74) is 6.09. The summed E-state index contributed by atoms with van der Waals surface area (Å²) in [6.07, 6.45) is 1.32. The third-order valence-electron chi connectivity index (χ3n) is 5.00. The summed E-state index contributed by atoms with van der Waals surface area (Å²) in [5, 5.41) is 9.04. The number of benzene rings is 3. The fourth-order valence-corrected chi connectivity index (χ4v) is 3.87. The van der Waals surface area contributed by atoms with Crippen LogP contribution in [0, 0.1) is 12.7 Å². The lowest BCUT2D eigenvalue weighted by Gasteiger charge is -2.07. The first-order valence-electron chi connectivity index (χ1n) is 9.05. The monoisotopic (exact) mass is 403 g/mol. The van der Waals surface area contributed by atoms with E-state index in [4.69, 9.17) is 16.0 Å². The Bertz CT molecular complexity index is 1320. The molecule has 0 unspecified atom stereocenters. The Labute approximate surface area is 171 Å². The van der Waals surface area contributed by atoms with Crippen molar-refractivity contribution in [2.45, 2.75) is 6.92 Å². The molecule has 0 aliphatic carbocycles. The topological polar surface area (TPSA) is 54.7 Å². The second-order valence-corrected chi connectivity index (χ2v) is 7.26. The predicted octanol–water partition coefficient (Wildman–Crippen LogP) is 6.65. The van der Waals surface area contributed by atoms with Gasteiger partial charge in [0.25, 0.3) is 0 Å². The van der Waals surface area contributed by atoms with Gasteiger partial charge in [0.05, 0.1) is 16.3 Å². The van der Waals surface area contributed by atoms with E-state index in [1.165, 1.54) is 12.5 Å². The maximum absolute atomic E-state index is 14.3. The van der Waals surface area contributed by atoms with Crippen molar-refractivity contribution in [3.63, 3.8) is 0 Å². The third-order valence-corrected chi connectivity index (χ3v) is 5.31. The summed E-state index contributed by atoms with van der Waals surface area (Å²) in [5.74, 6) is 0.142. The highest BCUT2D eigenvalue weighted by atomic mass is 35.5. The minimum absolute atomic E-state index is 0.350. The number of hydrogen-bond donors (Lipinski definition) is 1. The first kappa shape index (κ1) is 17.6. The molecule has 4 nitrogen and oxygen atoms in total. The Morgan fingerprint density at radius 3 is 2.62 bits per heavy atom. The average Bonchev–Trinajstić information content (AvgIpc) is 3.37. The van der Waals surface area contributed by atoms with E-state index in [-0.39, 0.29) is 5.82 Å². The van der Waals surface area contributed by atoms with Gasteiger partial charge < -0.3 is 9.40 Å². The number of nitrogens with one attached hydrogen (secondary N) is 1. The Kier molecular flexibility index (Phi) is 4.18. The van der Waals surface area contributed by atoms with Gasteiger partial charge in [0, 0.05) is 16.5 Å². The fourth-order valence-electron chi connectivity index (χ4n) is 3.61. The molecule has 5 rings (SSSR count). The van der Waals surface area contributed by atoms with Crippen molar-refractivity contribution in [2.75, 3.05) is 0 Å². The Morgan fingerprint density at radius 2 is 1.86 bits per heavy atom. The lowest BCUT2D eigenvalue weighted by molar-refractivity contribution is 0.568. The van der Waals surface area contributed by atoms with E-state index in [0.717, 1.165) is 33.2 Å². The summed E-state index contributed by atoms with van der Waals surface area (Å²) in [7, 11) is 0. The van der Waals surface area contributed by atoms with Gasteiger partial charge >= 0.3 is 0 Å². The molecule has 0 saturated carbocycles. The van der Waals surface area contributed by atoms with Crippen molar-refractivity contribution in [1.29, 1.82) is 0 Å². The van der Waals surface area contributed by atoms with E-state index < -0.39 is 0 Å². The van der Waals surface area contributed by atoms with Gasteiger partial charge in [-0.05, 0) is 66.1 Å². The smallest absolute Gasteiger partial charge is 0.247 e. The molecule has 0 spiro atoms. The zero-order valence-electron chi connectivity index (χ0n) is 15.4. The normalized spacial score (nSPS) is 11.3. The first-order chi connectivity index (χ1) is 14.1. The van der Waals surface area contributed by atoms with E-state index in [2.05, 4.69) is 21.2 Å². The van der Waals surface area contributed by atoms with Crippen LogP contribution in [-0.4, -0.2) is 15.2 Å². The van der Waals surface area contributed by atoms with E-state index >= 15 is 0 Å². The molecule has 2 heterocycles. The first-order valence-corrected chi connectivity index (χ1v) is 9.42. The molecule has 142 valence electrons. The number of H-pyrrole nitrogens is 1. The van der Waals surface area contributed by atoms with Gasteiger partial charge in [0.15, 0.2) is 0 Å². The van der Waals surface area contributed by atoms with E-state index in [1.807, 2.05) is 43.3 Å². The Hall–Kier alpha value is -3.44. The van der Waals surface area contributed by atoms with Crippen LogP contribution in [0.15, 0.2) is 71.5 Å². The van der Waals surface area contributed by atoms with Crippen LogP contribution in [0.4, 0.5) is 4.39 Å². The summed E-state index contributed by atoms with van der Waals surface area (Å²) >= 11 is 6.22. The molecule has 6 heteroatoms. The van der Waals surface area contributed by atoms with Crippen molar-refractivity contribution in [1.82, 2.24) is 15.2 Å². The van der Waals surface area contributed by atoms with Crippen LogP contribution < -0.4 is 0 Å². The molecule has 0 fully saturated rings. The summed E-state index contributed by atoms with van der Waals surface area (Å²) < 4.78 is 19.6. The molecule has 5 aromatic rings. The van der Waals surface area contributed by atoms with Gasteiger partial charge in [-0.15, -0.1) is 10.2 Å². The number of aromatic nitrogens is 3. The quantitative estimate of drug-likeness (QED) is 0.366. The molecule has 0 radical (unpaired) electrons. The lowest BCUT2D eigenvalue weighted by Crippen LogP contribution is -1.86. The van der Waals surface area contributed by atoms with Gasteiger partial charge in [-0.1, -0.05) is 29.8 Å². The van der Waals surface area contributed by atoms with Crippen LogP contribution >= 0.6 is 11.6 Å². The second kappa shape index (κ2) is 6.87. The number of rotatable bonds is 3. The van der Waals surface area contributed by atoms with Crippen molar-refractivity contribution >= 4 is 22.5 Å². The summed E-state index contributed by atoms with van der Waals surface area (Å²) in [6.45, 7) is 2.04. The number of aryl methyl sites for hydroxylation is 1. The highest BCUT2D eigenvalue weighted by Gasteiger charge is 2.13. The molecule has 1 N–H and O–H groups in total. The average molecular weight is 404 g/mol. The zero-order valence-corrected chi connectivity index (χ0v) is 16.2. The molecule has 2 aromatic heterocycles. The van der Waals surface area contributed by atoms with E-state index in [0.29, 0.717) is 22.2 Å². The molecular weight excluding hydrogens is 389 g/mol. The maximum Gasteiger partial charge on any atom is 0.247 e. The summed E-state index contributed by atoms with van der Waals surface area (Å²) in [4.78, 5) is 3.26. The molecule has 0 bridgehead atoms. The van der Waals surface area contributed by atoms with Crippen LogP contribution in [0.3, 0.4) is 0 Å². The van der Waals surface area contributed by atoms with Gasteiger partial charge in [0.2, 0.25) is 12.3 Å². The molecule has 0 aliphatic heterocycles. The highest BCUT2D eigenvalue weighted by molar-refractivity contribution is 6.33. The van der Waals surface area contributed by atoms with Crippen LogP contribution in [0.5, 0.6) is 0 Å². The van der Waals surface area contributed by atoms with Crippen molar-refractivity contribution in [2.24, 2.45) is 0 Å². The van der Waals surface area contributed by atoms with Crippen LogP contribution in [0.25, 0.3) is 44.7 Å². The largest absolute Gasteiger partial charge is 0.423 e. The van der Waals surface area contributed by atoms with Crippen LogP contribution in [-0.2, 0) is 0 Å². The van der Waals surface area contributed by atoms with Crippen LogP contribution in [0.2, 0.25) is 5.02 Å². The molecule has 0 aliphatic rings. The number of halogens is 2. The van der Waals surface area contributed by atoms with Crippen molar-refractivity contribution in [3.8, 4) is 33.8 Å². The molecule has 0 saturated heterocycles. The second-order valence-electron chi connectivity index (χ2n) is 6.86. The molecule has 29 heavy (non-hydrogen) atoms. The Morgan fingerprint density at radius 1 is 1.00 bits per heavy atom. The number of nitrogens with zero attached hydrogens (tertiary/aromatic N) is 2. The molecular formula is C23H15ClFN3O. The number of fused-ring (bicyclic) bond motifs is 1. The van der Waals surface area contributed by atoms with Gasteiger partial charge in [-0.2, -0.15) is 0 Å². The SMILES string of the molecule is Cc1cc(-c2nnco2)ccc1-c1ccc2[nH]c(-c3c(F)cccc3Cl)cc2c1. The van der Waals surface area contributed by atoms with E-state index in [1.54, 1.807) is 12.1 Å². The number of aromatic amines is 1. The minimum atomic E-state index is -0.350. The van der Waals surface area contributed by atoms with E-state index in [9.17, 15) is 4.39 Å². The third kappa shape index (κ3) is 3.09. The molecule has 0 atom stereocenters. The predicted molar refractivity (Wildman–Crippen MR) is 112 cm³/mol. The van der Waals surface area contributed by atoms with Crippen molar-refractivity contribution in [3.05, 3.63) is 83.5 Å².